The molecule has 12 heteroatoms. The molecule has 2 heterocycles. The second kappa shape index (κ2) is 11.2. The highest BCUT2D eigenvalue weighted by Gasteiger charge is 2.25. The van der Waals surface area contributed by atoms with Crippen molar-refractivity contribution < 1.29 is 28.6 Å². The molecule has 0 aliphatic heterocycles. The van der Waals surface area contributed by atoms with Gasteiger partial charge in [-0.2, -0.15) is 0 Å². The van der Waals surface area contributed by atoms with Crippen LogP contribution in [0, 0.1) is 5.82 Å². The number of nitrogens with zero attached hydrogens (tertiary/aromatic N) is 3. The maximum Gasteiger partial charge on any atom is 0.404 e. The number of benzene rings is 3. The van der Waals surface area contributed by atoms with Crippen LogP contribution in [-0.2, 0) is 13.6 Å². The van der Waals surface area contributed by atoms with Gasteiger partial charge in [-0.25, -0.2) is 13.9 Å². The SMILES string of the molecule is COc1ccc2c(Oc3ccc(NC(=O)c4c(CNC(=O)O)n(C)n(-c5ccccc5)c4=O)cc3F)ccnc2c1. The molecule has 0 fully saturated rings. The van der Waals surface area contributed by atoms with Crippen LogP contribution in [0.1, 0.15) is 16.1 Å². The van der Waals surface area contributed by atoms with Gasteiger partial charge in [-0.15, -0.1) is 0 Å². The van der Waals surface area contributed by atoms with Crippen molar-refractivity contribution in [3.05, 3.63) is 106 Å². The predicted molar refractivity (Wildman–Crippen MR) is 149 cm³/mol. The number of aromatic nitrogens is 3. The monoisotopic (exact) mass is 557 g/mol. The molecule has 0 aliphatic carbocycles. The van der Waals surface area contributed by atoms with Crippen LogP contribution >= 0.6 is 0 Å². The summed E-state index contributed by atoms with van der Waals surface area (Å²) >= 11 is 0. The zero-order valence-corrected chi connectivity index (χ0v) is 21.9. The minimum absolute atomic E-state index is 0.0656. The van der Waals surface area contributed by atoms with Crippen molar-refractivity contribution in [1.29, 1.82) is 0 Å². The summed E-state index contributed by atoms with van der Waals surface area (Å²) in [6.45, 7) is -0.309. The molecule has 3 N–H and O–H groups in total. The van der Waals surface area contributed by atoms with Crippen molar-refractivity contribution in [2.75, 3.05) is 12.4 Å². The number of hydrogen-bond donors (Lipinski definition) is 3. The van der Waals surface area contributed by atoms with E-state index < -0.39 is 23.4 Å². The first-order chi connectivity index (χ1) is 19.8. The Morgan fingerprint density at radius 2 is 1.80 bits per heavy atom. The number of nitrogens with one attached hydrogen (secondary N) is 2. The lowest BCUT2D eigenvalue weighted by Crippen LogP contribution is -2.26. The van der Waals surface area contributed by atoms with E-state index in [1.54, 1.807) is 61.7 Å². The van der Waals surface area contributed by atoms with E-state index in [9.17, 15) is 14.4 Å². The fourth-order valence-corrected chi connectivity index (χ4v) is 4.39. The number of carboxylic acid groups (broad SMARTS) is 1. The van der Waals surface area contributed by atoms with E-state index in [0.717, 1.165) is 6.07 Å². The number of amides is 2. The van der Waals surface area contributed by atoms with Crippen LogP contribution < -0.4 is 25.7 Å². The number of methoxy groups -OCH3 is 1. The molecule has 0 atom stereocenters. The predicted octanol–water partition coefficient (Wildman–Crippen LogP) is 4.68. The van der Waals surface area contributed by atoms with Crippen LogP contribution in [0.4, 0.5) is 14.9 Å². The van der Waals surface area contributed by atoms with E-state index in [2.05, 4.69) is 15.6 Å². The molecular formula is C29H24FN5O6. The van der Waals surface area contributed by atoms with Gasteiger partial charge in [0.25, 0.3) is 11.5 Å². The third kappa shape index (κ3) is 5.43. The summed E-state index contributed by atoms with van der Waals surface area (Å²) in [7, 11) is 3.08. The number of fused-ring (bicyclic) bond motifs is 1. The molecule has 208 valence electrons. The second-order valence-electron chi connectivity index (χ2n) is 8.85. The van der Waals surface area contributed by atoms with Crippen LogP contribution in [0.25, 0.3) is 16.6 Å². The average Bonchev–Trinajstić information content (AvgIpc) is 3.22. The van der Waals surface area contributed by atoms with Crippen LogP contribution in [0.15, 0.2) is 83.8 Å². The molecule has 0 saturated heterocycles. The summed E-state index contributed by atoms with van der Waals surface area (Å²) in [5, 5.41) is 14.5. The van der Waals surface area contributed by atoms with Gasteiger partial charge in [0.2, 0.25) is 0 Å². The second-order valence-corrected chi connectivity index (χ2v) is 8.85. The van der Waals surface area contributed by atoms with E-state index in [1.807, 2.05) is 0 Å². The first-order valence-corrected chi connectivity index (χ1v) is 12.3. The zero-order valence-electron chi connectivity index (χ0n) is 21.9. The van der Waals surface area contributed by atoms with Crippen LogP contribution in [0.2, 0.25) is 0 Å². The molecule has 0 aliphatic rings. The van der Waals surface area contributed by atoms with Gasteiger partial charge in [-0.1, -0.05) is 18.2 Å². The Morgan fingerprint density at radius 3 is 2.51 bits per heavy atom. The molecule has 5 rings (SSSR count). The summed E-state index contributed by atoms with van der Waals surface area (Å²) < 4.78 is 28.8. The topological polar surface area (TPSA) is 137 Å². The summed E-state index contributed by atoms with van der Waals surface area (Å²) in [4.78, 5) is 42.1. The number of halogens is 1. The number of rotatable bonds is 8. The van der Waals surface area contributed by atoms with Gasteiger partial charge in [0.05, 0.1) is 30.6 Å². The normalized spacial score (nSPS) is 10.8. The lowest BCUT2D eigenvalue weighted by molar-refractivity contribution is 0.102. The minimum Gasteiger partial charge on any atom is -0.497 e. The van der Waals surface area contributed by atoms with Crippen molar-refractivity contribution in [1.82, 2.24) is 19.7 Å². The highest BCUT2D eigenvalue weighted by Crippen LogP contribution is 2.33. The van der Waals surface area contributed by atoms with E-state index >= 15 is 4.39 Å². The van der Waals surface area contributed by atoms with Gasteiger partial charge >= 0.3 is 6.09 Å². The number of pyridine rings is 1. The molecule has 2 amide bonds. The average molecular weight is 558 g/mol. The van der Waals surface area contributed by atoms with Crippen molar-refractivity contribution in [3.8, 4) is 22.9 Å². The summed E-state index contributed by atoms with van der Waals surface area (Å²) in [6, 6.07) is 19.2. The van der Waals surface area contributed by atoms with Crippen LogP contribution in [-0.4, -0.2) is 38.6 Å². The number of para-hydroxylation sites is 1. The summed E-state index contributed by atoms with van der Waals surface area (Å²) in [5.74, 6) is -0.698. The van der Waals surface area contributed by atoms with E-state index in [-0.39, 0.29) is 29.2 Å². The Balaban J connectivity index is 1.43. The first-order valence-electron chi connectivity index (χ1n) is 12.3. The van der Waals surface area contributed by atoms with Gasteiger partial charge < -0.3 is 25.2 Å². The number of ether oxygens (including phenoxy) is 2. The smallest absolute Gasteiger partial charge is 0.404 e. The molecule has 5 aromatic rings. The van der Waals surface area contributed by atoms with Crippen molar-refractivity contribution in [2.24, 2.45) is 7.05 Å². The molecule has 0 bridgehead atoms. The Kier molecular flexibility index (Phi) is 7.37. The lowest BCUT2D eigenvalue weighted by atomic mass is 10.2. The number of hydrogen-bond acceptors (Lipinski definition) is 6. The Labute approximate surface area is 232 Å². The first kappa shape index (κ1) is 26.9. The largest absolute Gasteiger partial charge is 0.497 e. The minimum atomic E-state index is -1.32. The molecule has 41 heavy (non-hydrogen) atoms. The summed E-state index contributed by atoms with van der Waals surface area (Å²) in [5.41, 5.74) is 0.314. The van der Waals surface area contributed by atoms with Gasteiger partial charge in [-0.05, 0) is 42.5 Å². The van der Waals surface area contributed by atoms with Gasteiger partial charge in [0, 0.05) is 36.5 Å². The highest BCUT2D eigenvalue weighted by molar-refractivity contribution is 6.05. The molecule has 0 saturated carbocycles. The quantitative estimate of drug-likeness (QED) is 0.252. The third-order valence-electron chi connectivity index (χ3n) is 6.34. The van der Waals surface area contributed by atoms with Gasteiger partial charge in [-0.3, -0.25) is 19.3 Å². The van der Waals surface area contributed by atoms with Crippen molar-refractivity contribution in [2.45, 2.75) is 6.54 Å². The molecule has 0 unspecified atom stereocenters. The standard InChI is InChI=1S/C29H24FN5O6/c1-34-23(16-32-29(38)39)26(28(37)35(34)18-6-4-3-5-7-18)27(36)33-17-8-11-25(21(30)14-17)41-24-12-13-31-22-15-19(40-2)9-10-20(22)24/h3-15,32H,16H2,1-2H3,(H,33,36)(H,38,39). The fourth-order valence-electron chi connectivity index (χ4n) is 4.39. The Morgan fingerprint density at radius 1 is 1.02 bits per heavy atom. The van der Waals surface area contributed by atoms with Gasteiger partial charge in [0.1, 0.15) is 17.1 Å². The molecular weight excluding hydrogens is 533 g/mol. The molecule has 11 nitrogen and oxygen atoms in total. The molecule has 0 radical (unpaired) electrons. The fraction of sp³-hybridized carbons (Fsp3) is 0.103. The van der Waals surface area contributed by atoms with Crippen LogP contribution in [0.3, 0.4) is 0 Å². The Hall–Kier alpha value is -5.65. The summed E-state index contributed by atoms with van der Waals surface area (Å²) in [6.07, 6.45) is 0.206. The number of carbonyl (C=O) groups is 2. The molecule has 2 aromatic heterocycles. The van der Waals surface area contributed by atoms with E-state index in [0.29, 0.717) is 28.1 Å². The Bertz CT molecular complexity index is 1830. The van der Waals surface area contributed by atoms with Crippen LogP contribution in [0.5, 0.6) is 17.2 Å². The van der Waals surface area contributed by atoms with E-state index in [1.165, 1.54) is 34.7 Å². The highest BCUT2D eigenvalue weighted by atomic mass is 19.1. The van der Waals surface area contributed by atoms with Gasteiger partial charge in [0.15, 0.2) is 11.6 Å². The number of carbonyl (C=O) groups excluding carboxylic acids is 1. The number of anilines is 1. The van der Waals surface area contributed by atoms with Crippen molar-refractivity contribution in [3.63, 3.8) is 0 Å². The molecule has 0 spiro atoms. The lowest BCUT2D eigenvalue weighted by Gasteiger charge is -2.12. The van der Waals surface area contributed by atoms with Crippen molar-refractivity contribution >= 4 is 28.6 Å². The zero-order chi connectivity index (χ0) is 29.1. The maximum atomic E-state index is 15.1. The van der Waals surface area contributed by atoms with E-state index in [4.69, 9.17) is 14.6 Å². The maximum absolute atomic E-state index is 15.1. The third-order valence-corrected chi connectivity index (χ3v) is 6.34. The molecule has 3 aromatic carbocycles.